The number of para-hydroxylation sites is 1. The number of urea groups is 1. The van der Waals surface area contributed by atoms with Crippen LogP contribution in [-0.4, -0.2) is 67.2 Å². The number of ether oxygens (including phenoxy) is 2. The quantitative estimate of drug-likeness (QED) is 0.579. The molecule has 8 heteroatoms. The minimum atomic E-state index is -0.202. The Morgan fingerprint density at radius 2 is 2.15 bits per heavy atom. The van der Waals surface area contributed by atoms with Gasteiger partial charge in [0.2, 0.25) is 5.91 Å². The van der Waals surface area contributed by atoms with E-state index in [1.54, 1.807) is 16.2 Å². The molecule has 7 nitrogen and oxygen atoms in total. The Hall–Kier alpha value is -2.58. The third-order valence-corrected chi connectivity index (χ3v) is 7.49. The van der Waals surface area contributed by atoms with Crippen molar-refractivity contribution in [1.82, 2.24) is 15.1 Å². The number of benzene rings is 1. The lowest BCUT2D eigenvalue weighted by atomic mass is 10.0. The van der Waals surface area contributed by atoms with Gasteiger partial charge in [-0.05, 0) is 61.2 Å². The predicted octanol–water partition coefficient (Wildman–Crippen LogP) is 4.16. The second kappa shape index (κ2) is 11.7. The Balaban J connectivity index is 1.48. The van der Waals surface area contributed by atoms with Gasteiger partial charge in [0, 0.05) is 31.1 Å². The van der Waals surface area contributed by atoms with Crippen LogP contribution in [0.1, 0.15) is 48.2 Å². The van der Waals surface area contributed by atoms with E-state index < -0.39 is 0 Å². The molecule has 3 heterocycles. The standard InChI is InChI=1S/C26H35N3O4S/c1-3-12-27-26(31)28(16-20-8-6-14-32-20)17-25(30)29-13-10-24-21(11-15-34-24)22(29)18-33-23-9-5-4-7-19(23)2/h4-5,7,9,11,15,20,22H,3,6,8,10,12-14,16-18H2,1-2H3,(H,27,31)/t20-,22-/m0/s1. The zero-order valence-electron chi connectivity index (χ0n) is 20.1. The van der Waals surface area contributed by atoms with Crippen LogP contribution in [0.4, 0.5) is 4.79 Å². The van der Waals surface area contributed by atoms with Crippen molar-refractivity contribution in [2.75, 3.05) is 39.4 Å². The number of aryl methyl sites for hydroxylation is 1. The first-order valence-electron chi connectivity index (χ1n) is 12.2. The van der Waals surface area contributed by atoms with Crippen molar-refractivity contribution in [3.8, 4) is 5.75 Å². The molecule has 34 heavy (non-hydrogen) atoms. The molecule has 0 unspecified atom stereocenters. The zero-order valence-corrected chi connectivity index (χ0v) is 20.9. The molecule has 0 saturated carbocycles. The van der Waals surface area contributed by atoms with Crippen LogP contribution in [0.2, 0.25) is 0 Å². The monoisotopic (exact) mass is 485 g/mol. The molecule has 3 amide bonds. The van der Waals surface area contributed by atoms with Crippen LogP contribution in [0.5, 0.6) is 5.75 Å². The van der Waals surface area contributed by atoms with E-state index >= 15 is 0 Å². The van der Waals surface area contributed by atoms with Gasteiger partial charge in [-0.2, -0.15) is 0 Å². The molecule has 1 N–H and O–H groups in total. The molecule has 1 aromatic heterocycles. The number of nitrogens with one attached hydrogen (secondary N) is 1. The smallest absolute Gasteiger partial charge is 0.317 e. The highest BCUT2D eigenvalue weighted by atomic mass is 32.1. The van der Waals surface area contributed by atoms with Gasteiger partial charge in [0.15, 0.2) is 0 Å². The molecule has 4 rings (SSSR count). The molecule has 2 aromatic rings. The molecule has 2 aliphatic rings. The average Bonchev–Trinajstić information content (AvgIpc) is 3.53. The first kappa shape index (κ1) is 24.5. The highest BCUT2D eigenvalue weighted by Crippen LogP contribution is 2.34. The molecule has 1 saturated heterocycles. The van der Waals surface area contributed by atoms with Crippen molar-refractivity contribution >= 4 is 23.3 Å². The Morgan fingerprint density at radius 1 is 1.29 bits per heavy atom. The lowest BCUT2D eigenvalue weighted by molar-refractivity contribution is -0.135. The van der Waals surface area contributed by atoms with Crippen molar-refractivity contribution in [1.29, 1.82) is 0 Å². The minimum absolute atomic E-state index is 0.00908. The molecule has 0 bridgehead atoms. The molecular formula is C26H35N3O4S. The SMILES string of the molecule is CCCNC(=O)N(CC(=O)N1CCc2sccc2[C@@H]1COc1ccccc1C)C[C@@H]1CCCO1. The largest absolute Gasteiger partial charge is 0.491 e. The van der Waals surface area contributed by atoms with E-state index in [-0.39, 0.29) is 30.6 Å². The van der Waals surface area contributed by atoms with Gasteiger partial charge in [-0.25, -0.2) is 4.79 Å². The number of hydrogen-bond acceptors (Lipinski definition) is 5. The molecule has 2 aliphatic heterocycles. The third kappa shape index (κ3) is 5.91. The van der Waals surface area contributed by atoms with Gasteiger partial charge >= 0.3 is 6.03 Å². The van der Waals surface area contributed by atoms with Crippen LogP contribution in [0.25, 0.3) is 0 Å². The van der Waals surface area contributed by atoms with Gasteiger partial charge in [0.05, 0.1) is 12.1 Å². The molecule has 0 aliphatic carbocycles. The summed E-state index contributed by atoms with van der Waals surface area (Å²) >= 11 is 1.73. The summed E-state index contributed by atoms with van der Waals surface area (Å²) in [5.74, 6) is 0.774. The van der Waals surface area contributed by atoms with Crippen molar-refractivity contribution in [3.05, 3.63) is 51.7 Å². The second-order valence-electron chi connectivity index (χ2n) is 8.98. The average molecular weight is 486 g/mol. The predicted molar refractivity (Wildman–Crippen MR) is 133 cm³/mol. The van der Waals surface area contributed by atoms with E-state index in [1.807, 2.05) is 43.0 Å². The third-order valence-electron chi connectivity index (χ3n) is 6.49. The number of fused-ring (bicyclic) bond motifs is 1. The van der Waals surface area contributed by atoms with Crippen LogP contribution in [0.15, 0.2) is 35.7 Å². The summed E-state index contributed by atoms with van der Waals surface area (Å²) in [4.78, 5) is 31.3. The van der Waals surface area contributed by atoms with Gasteiger partial charge in [0.1, 0.15) is 18.9 Å². The summed E-state index contributed by atoms with van der Waals surface area (Å²) in [6, 6.07) is 9.65. The molecule has 0 radical (unpaired) electrons. The summed E-state index contributed by atoms with van der Waals surface area (Å²) in [5, 5.41) is 5.01. The first-order valence-corrected chi connectivity index (χ1v) is 13.1. The summed E-state index contributed by atoms with van der Waals surface area (Å²) in [7, 11) is 0. The Kier molecular flexibility index (Phi) is 8.45. The van der Waals surface area contributed by atoms with Crippen molar-refractivity contribution in [2.24, 2.45) is 0 Å². The number of nitrogens with zero attached hydrogens (tertiary/aromatic N) is 2. The maximum absolute atomic E-state index is 13.6. The number of carbonyl (C=O) groups is 2. The lowest BCUT2D eigenvalue weighted by Crippen LogP contribution is -2.51. The fourth-order valence-electron chi connectivity index (χ4n) is 4.61. The molecule has 1 fully saturated rings. The van der Waals surface area contributed by atoms with E-state index in [2.05, 4.69) is 16.8 Å². The van der Waals surface area contributed by atoms with E-state index in [0.29, 0.717) is 32.8 Å². The highest BCUT2D eigenvalue weighted by molar-refractivity contribution is 7.10. The van der Waals surface area contributed by atoms with Crippen LogP contribution < -0.4 is 10.1 Å². The van der Waals surface area contributed by atoms with Gasteiger partial charge in [-0.15, -0.1) is 11.3 Å². The minimum Gasteiger partial charge on any atom is -0.491 e. The molecule has 1 aromatic carbocycles. The highest BCUT2D eigenvalue weighted by Gasteiger charge is 2.34. The molecular weight excluding hydrogens is 450 g/mol. The lowest BCUT2D eigenvalue weighted by Gasteiger charge is -2.37. The van der Waals surface area contributed by atoms with Gasteiger partial charge in [0.25, 0.3) is 0 Å². The number of hydrogen-bond donors (Lipinski definition) is 1. The summed E-state index contributed by atoms with van der Waals surface area (Å²) in [5.41, 5.74) is 2.22. The van der Waals surface area contributed by atoms with Gasteiger partial charge < -0.3 is 24.6 Å². The van der Waals surface area contributed by atoms with Crippen molar-refractivity contribution in [3.63, 3.8) is 0 Å². The van der Waals surface area contributed by atoms with Crippen LogP contribution in [-0.2, 0) is 16.0 Å². The summed E-state index contributed by atoms with van der Waals surface area (Å²) in [6.45, 7) is 6.82. The molecule has 2 atom stereocenters. The number of amides is 3. The fourth-order valence-corrected chi connectivity index (χ4v) is 5.54. The molecule has 0 spiro atoms. The molecule has 184 valence electrons. The van der Waals surface area contributed by atoms with Crippen LogP contribution in [0, 0.1) is 6.92 Å². The van der Waals surface area contributed by atoms with E-state index in [0.717, 1.165) is 42.6 Å². The fraction of sp³-hybridized carbons (Fsp3) is 0.538. The van der Waals surface area contributed by atoms with Crippen LogP contribution in [0.3, 0.4) is 0 Å². The van der Waals surface area contributed by atoms with Gasteiger partial charge in [-0.3, -0.25) is 4.79 Å². The normalized spacial score (nSPS) is 19.5. The summed E-state index contributed by atoms with van der Waals surface area (Å²) < 4.78 is 11.9. The van der Waals surface area contributed by atoms with E-state index in [1.165, 1.54) is 4.88 Å². The Morgan fingerprint density at radius 3 is 2.91 bits per heavy atom. The number of thiophene rings is 1. The first-order chi connectivity index (χ1) is 16.6. The Bertz CT molecular complexity index is 972. The van der Waals surface area contributed by atoms with E-state index in [9.17, 15) is 9.59 Å². The van der Waals surface area contributed by atoms with Crippen molar-refractivity contribution in [2.45, 2.75) is 51.7 Å². The van der Waals surface area contributed by atoms with Crippen molar-refractivity contribution < 1.29 is 19.1 Å². The zero-order chi connectivity index (χ0) is 23.9. The maximum Gasteiger partial charge on any atom is 0.317 e. The second-order valence-corrected chi connectivity index (χ2v) is 9.98. The van der Waals surface area contributed by atoms with Gasteiger partial charge in [-0.1, -0.05) is 25.1 Å². The van der Waals surface area contributed by atoms with Crippen LogP contribution >= 0.6 is 11.3 Å². The number of rotatable bonds is 9. The number of carbonyl (C=O) groups excluding carboxylic acids is 2. The van der Waals surface area contributed by atoms with E-state index in [4.69, 9.17) is 9.47 Å². The maximum atomic E-state index is 13.6. The Labute approximate surface area is 206 Å². The topological polar surface area (TPSA) is 71.1 Å². The summed E-state index contributed by atoms with van der Waals surface area (Å²) in [6.07, 6.45) is 3.58.